The number of benzene rings is 1. The van der Waals surface area contributed by atoms with E-state index in [2.05, 4.69) is 20.9 Å². The molecule has 1 heterocycles. The number of hydrogen-bond acceptors (Lipinski definition) is 2. The highest BCUT2D eigenvalue weighted by Crippen LogP contribution is 2.23. The first-order chi connectivity index (χ1) is 9.15. The van der Waals surface area contributed by atoms with Gasteiger partial charge in [-0.05, 0) is 53.5 Å². The third-order valence-electron chi connectivity index (χ3n) is 2.96. The van der Waals surface area contributed by atoms with Gasteiger partial charge in [0.15, 0.2) is 0 Å². The van der Waals surface area contributed by atoms with Crippen LogP contribution >= 0.6 is 15.9 Å². The van der Waals surface area contributed by atoms with Crippen molar-refractivity contribution in [2.24, 2.45) is 0 Å². The van der Waals surface area contributed by atoms with E-state index in [-0.39, 0.29) is 5.91 Å². The lowest BCUT2D eigenvalue weighted by molar-refractivity contribution is 0.0987. The molecule has 0 aliphatic carbocycles. The summed E-state index contributed by atoms with van der Waals surface area (Å²) in [7, 11) is 0. The minimum atomic E-state index is -0.0447. The van der Waals surface area contributed by atoms with Crippen molar-refractivity contribution < 1.29 is 4.79 Å². The molecule has 98 valence electrons. The molecule has 0 N–H and O–H groups in total. The fourth-order valence-electron chi connectivity index (χ4n) is 1.98. The second-order valence-electron chi connectivity index (χ2n) is 4.18. The van der Waals surface area contributed by atoms with Gasteiger partial charge in [-0.15, -0.1) is 0 Å². The molecule has 1 amide bonds. The minimum Gasteiger partial charge on any atom is -0.308 e. The van der Waals surface area contributed by atoms with Crippen LogP contribution in [0, 0.1) is 6.92 Å². The smallest absolute Gasteiger partial charge is 0.261 e. The summed E-state index contributed by atoms with van der Waals surface area (Å²) in [5.41, 5.74) is 2.59. The van der Waals surface area contributed by atoms with Gasteiger partial charge in [0, 0.05) is 18.4 Å². The molecule has 1 aromatic carbocycles. The monoisotopic (exact) mass is 318 g/mol. The average Bonchev–Trinajstić information content (AvgIpc) is 2.42. The zero-order chi connectivity index (χ0) is 13.8. The van der Waals surface area contributed by atoms with Crippen molar-refractivity contribution in [3.05, 3.63) is 58.3 Å². The maximum absolute atomic E-state index is 12.6. The van der Waals surface area contributed by atoms with E-state index in [1.54, 1.807) is 23.2 Å². The van der Waals surface area contributed by atoms with Crippen LogP contribution in [0.2, 0.25) is 0 Å². The number of para-hydroxylation sites is 1. The van der Waals surface area contributed by atoms with Gasteiger partial charge in [0.2, 0.25) is 0 Å². The molecule has 0 radical (unpaired) electrons. The van der Waals surface area contributed by atoms with Crippen LogP contribution in [0.5, 0.6) is 0 Å². The van der Waals surface area contributed by atoms with Crippen LogP contribution in [-0.2, 0) is 0 Å². The van der Waals surface area contributed by atoms with Crippen molar-refractivity contribution in [3.63, 3.8) is 0 Å². The van der Waals surface area contributed by atoms with Crippen molar-refractivity contribution in [2.45, 2.75) is 13.8 Å². The van der Waals surface area contributed by atoms with Crippen LogP contribution in [0.15, 0.2) is 47.2 Å². The molecule has 0 bridgehead atoms. The first-order valence-corrected chi connectivity index (χ1v) is 6.92. The van der Waals surface area contributed by atoms with E-state index in [9.17, 15) is 4.79 Å². The molecule has 1 aromatic heterocycles. The van der Waals surface area contributed by atoms with E-state index in [4.69, 9.17) is 0 Å². The number of rotatable bonds is 3. The first-order valence-electron chi connectivity index (χ1n) is 6.13. The summed E-state index contributed by atoms with van der Waals surface area (Å²) in [5.74, 6) is -0.0447. The Hall–Kier alpha value is -1.68. The normalized spacial score (nSPS) is 10.3. The van der Waals surface area contributed by atoms with Crippen molar-refractivity contribution in [3.8, 4) is 0 Å². The van der Waals surface area contributed by atoms with Gasteiger partial charge in [0.05, 0.1) is 5.56 Å². The number of carbonyl (C=O) groups excluding carboxylic acids is 1. The molecule has 0 aliphatic rings. The van der Waals surface area contributed by atoms with E-state index in [1.165, 1.54) is 0 Å². The lowest BCUT2D eigenvalue weighted by atomic mass is 10.1. The fraction of sp³-hybridized carbons (Fsp3) is 0.200. The standard InChI is InChI=1S/C15H15BrN2O/c1-3-18(13-9-5-4-7-11(13)2)15(19)12-8-6-10-17-14(12)16/h4-10H,3H2,1-2H3. The Kier molecular flexibility index (Phi) is 4.32. The summed E-state index contributed by atoms with van der Waals surface area (Å²) in [6, 6.07) is 11.4. The van der Waals surface area contributed by atoms with Crippen LogP contribution < -0.4 is 4.90 Å². The number of pyridine rings is 1. The maximum Gasteiger partial charge on any atom is 0.261 e. The Labute approximate surface area is 121 Å². The second kappa shape index (κ2) is 5.97. The Balaban J connectivity index is 2.41. The largest absolute Gasteiger partial charge is 0.308 e. The number of halogens is 1. The summed E-state index contributed by atoms with van der Waals surface area (Å²) < 4.78 is 0.576. The molecule has 4 heteroatoms. The van der Waals surface area contributed by atoms with Crippen molar-refractivity contribution >= 4 is 27.5 Å². The molecule has 0 spiro atoms. The molecular weight excluding hydrogens is 304 g/mol. The third-order valence-corrected chi connectivity index (χ3v) is 3.59. The van der Waals surface area contributed by atoms with Crippen LogP contribution in [0.4, 0.5) is 5.69 Å². The number of nitrogens with zero attached hydrogens (tertiary/aromatic N) is 2. The highest BCUT2D eigenvalue weighted by Gasteiger charge is 2.19. The number of anilines is 1. The van der Waals surface area contributed by atoms with E-state index in [0.717, 1.165) is 11.3 Å². The molecule has 19 heavy (non-hydrogen) atoms. The second-order valence-corrected chi connectivity index (χ2v) is 4.93. The fourth-order valence-corrected chi connectivity index (χ4v) is 2.40. The van der Waals surface area contributed by atoms with Crippen LogP contribution in [-0.4, -0.2) is 17.4 Å². The number of aromatic nitrogens is 1. The molecule has 0 aliphatic heterocycles. The Bertz CT molecular complexity index is 598. The summed E-state index contributed by atoms with van der Waals surface area (Å²) in [4.78, 5) is 18.5. The van der Waals surface area contributed by atoms with Gasteiger partial charge in [-0.3, -0.25) is 4.79 Å². The predicted octanol–water partition coefficient (Wildman–Crippen LogP) is 3.82. The zero-order valence-electron chi connectivity index (χ0n) is 10.9. The summed E-state index contributed by atoms with van der Waals surface area (Å²) in [6.07, 6.45) is 1.66. The van der Waals surface area contributed by atoms with Gasteiger partial charge >= 0.3 is 0 Å². The van der Waals surface area contributed by atoms with Crippen molar-refractivity contribution in [1.82, 2.24) is 4.98 Å². The minimum absolute atomic E-state index is 0.0447. The predicted molar refractivity (Wildman–Crippen MR) is 80.5 cm³/mol. The van der Waals surface area contributed by atoms with E-state index in [0.29, 0.717) is 16.7 Å². The lowest BCUT2D eigenvalue weighted by Crippen LogP contribution is -2.31. The molecule has 2 aromatic rings. The SMILES string of the molecule is CCN(C(=O)c1cccnc1Br)c1ccccc1C. The molecule has 0 atom stereocenters. The lowest BCUT2D eigenvalue weighted by Gasteiger charge is -2.23. The maximum atomic E-state index is 12.6. The molecule has 0 fully saturated rings. The Morgan fingerprint density at radius 3 is 2.63 bits per heavy atom. The molecule has 0 saturated heterocycles. The summed E-state index contributed by atoms with van der Waals surface area (Å²) in [5, 5.41) is 0. The van der Waals surface area contributed by atoms with Gasteiger partial charge in [0.1, 0.15) is 4.60 Å². The van der Waals surface area contributed by atoms with Gasteiger partial charge in [-0.25, -0.2) is 4.98 Å². The van der Waals surface area contributed by atoms with Crippen molar-refractivity contribution in [2.75, 3.05) is 11.4 Å². The number of hydrogen-bond donors (Lipinski definition) is 0. The van der Waals surface area contributed by atoms with Crippen LogP contribution in [0.25, 0.3) is 0 Å². The zero-order valence-corrected chi connectivity index (χ0v) is 12.5. The van der Waals surface area contributed by atoms with E-state index in [1.807, 2.05) is 38.1 Å². The van der Waals surface area contributed by atoms with E-state index >= 15 is 0 Å². The Morgan fingerprint density at radius 1 is 1.26 bits per heavy atom. The van der Waals surface area contributed by atoms with Gasteiger partial charge in [0.25, 0.3) is 5.91 Å². The summed E-state index contributed by atoms with van der Waals surface area (Å²) in [6.45, 7) is 4.59. The number of amides is 1. The van der Waals surface area contributed by atoms with Crippen LogP contribution in [0.1, 0.15) is 22.8 Å². The van der Waals surface area contributed by atoms with Gasteiger partial charge < -0.3 is 4.90 Å². The average molecular weight is 319 g/mol. The molecule has 2 rings (SSSR count). The highest BCUT2D eigenvalue weighted by molar-refractivity contribution is 9.10. The highest BCUT2D eigenvalue weighted by atomic mass is 79.9. The molecular formula is C15H15BrN2O. The van der Waals surface area contributed by atoms with Crippen LogP contribution in [0.3, 0.4) is 0 Å². The van der Waals surface area contributed by atoms with Crippen molar-refractivity contribution in [1.29, 1.82) is 0 Å². The Morgan fingerprint density at radius 2 is 2.00 bits per heavy atom. The molecule has 0 unspecified atom stereocenters. The topological polar surface area (TPSA) is 33.2 Å². The summed E-state index contributed by atoms with van der Waals surface area (Å²) >= 11 is 3.33. The number of carbonyl (C=O) groups is 1. The molecule has 0 saturated carbocycles. The van der Waals surface area contributed by atoms with Gasteiger partial charge in [-0.2, -0.15) is 0 Å². The molecule has 3 nitrogen and oxygen atoms in total. The van der Waals surface area contributed by atoms with Gasteiger partial charge in [-0.1, -0.05) is 18.2 Å². The third kappa shape index (κ3) is 2.84. The quantitative estimate of drug-likeness (QED) is 0.806. The first kappa shape index (κ1) is 13.7. The number of aryl methyl sites for hydroxylation is 1. The van der Waals surface area contributed by atoms with E-state index < -0.39 is 0 Å².